The maximum atomic E-state index is 14.4. The molecule has 0 unspecified atom stereocenters. The zero-order valence-corrected chi connectivity index (χ0v) is 27.4. The molecule has 0 atom stereocenters. The number of esters is 1. The fraction of sp³-hybridized carbons (Fsp3) is 0.282. The Morgan fingerprint density at radius 2 is 1.86 bits per heavy atom. The summed E-state index contributed by atoms with van der Waals surface area (Å²) in [5.41, 5.74) is 6.02. The van der Waals surface area contributed by atoms with Gasteiger partial charge in [-0.15, -0.1) is 0 Å². The molecule has 10 heteroatoms. The standard InChI is InChI=1S/C39H35FN4O5/c1-46-19-16-44-36-22-31(39(45)47-2)12-13-35(36)42-37(44)23-29-10-11-30(21-28(29)8-6-26-14-17-48-18-15-26)34-4-3-5-38(43-34)49-25-32-9-7-27(24-41)20-33(32)40/h3-5,7,9-13,20-22,26H,14-19,23,25H2,1-2H3. The van der Waals surface area contributed by atoms with Gasteiger partial charge in [0.2, 0.25) is 5.88 Å². The normalized spacial score (nSPS) is 13.0. The third kappa shape index (κ3) is 7.95. The Labute approximate surface area is 284 Å². The number of carbonyl (C=O) groups excluding carboxylic acids is 1. The zero-order chi connectivity index (χ0) is 34.2. The van der Waals surface area contributed by atoms with Crippen LogP contribution in [0.4, 0.5) is 4.39 Å². The first-order chi connectivity index (χ1) is 23.9. The number of halogens is 1. The zero-order valence-electron chi connectivity index (χ0n) is 27.4. The molecule has 248 valence electrons. The van der Waals surface area contributed by atoms with Crippen molar-refractivity contribution in [3.8, 4) is 35.0 Å². The molecule has 0 N–H and O–H groups in total. The summed E-state index contributed by atoms with van der Waals surface area (Å²) in [7, 11) is 3.02. The largest absolute Gasteiger partial charge is 0.473 e. The van der Waals surface area contributed by atoms with Crippen molar-refractivity contribution in [2.24, 2.45) is 5.92 Å². The summed E-state index contributed by atoms with van der Waals surface area (Å²) in [5, 5.41) is 9.02. The number of hydrogen-bond acceptors (Lipinski definition) is 8. The van der Waals surface area contributed by atoms with Gasteiger partial charge in [-0.3, -0.25) is 0 Å². The summed E-state index contributed by atoms with van der Waals surface area (Å²) in [6.45, 7) is 2.40. The van der Waals surface area contributed by atoms with Crippen molar-refractivity contribution in [3.63, 3.8) is 0 Å². The Morgan fingerprint density at radius 1 is 1.02 bits per heavy atom. The molecule has 5 aromatic rings. The summed E-state index contributed by atoms with van der Waals surface area (Å²) in [4.78, 5) is 21.9. The molecule has 0 bridgehead atoms. The predicted octanol–water partition coefficient (Wildman–Crippen LogP) is 6.49. The minimum Gasteiger partial charge on any atom is -0.473 e. The number of imidazole rings is 1. The smallest absolute Gasteiger partial charge is 0.337 e. The molecule has 49 heavy (non-hydrogen) atoms. The number of nitrogens with zero attached hydrogens (tertiary/aromatic N) is 4. The third-order valence-corrected chi connectivity index (χ3v) is 8.44. The summed E-state index contributed by atoms with van der Waals surface area (Å²) in [5.74, 6) is 7.44. The minimum atomic E-state index is -0.502. The van der Waals surface area contributed by atoms with Crippen molar-refractivity contribution in [2.45, 2.75) is 32.4 Å². The molecule has 0 spiro atoms. The Bertz CT molecular complexity index is 2090. The van der Waals surface area contributed by atoms with E-state index in [1.807, 2.05) is 42.5 Å². The van der Waals surface area contributed by atoms with E-state index >= 15 is 0 Å². The molecule has 0 aliphatic carbocycles. The fourth-order valence-electron chi connectivity index (χ4n) is 5.72. The highest BCUT2D eigenvalue weighted by atomic mass is 19.1. The number of ether oxygens (including phenoxy) is 4. The highest BCUT2D eigenvalue weighted by molar-refractivity contribution is 5.93. The van der Waals surface area contributed by atoms with Gasteiger partial charge in [-0.25, -0.2) is 19.2 Å². The lowest BCUT2D eigenvalue weighted by Crippen LogP contribution is -2.14. The van der Waals surface area contributed by atoms with Crippen LogP contribution in [0.1, 0.15) is 51.3 Å². The van der Waals surface area contributed by atoms with Crippen molar-refractivity contribution in [1.82, 2.24) is 14.5 Å². The molecule has 0 radical (unpaired) electrons. The van der Waals surface area contributed by atoms with Crippen LogP contribution in [0.3, 0.4) is 0 Å². The van der Waals surface area contributed by atoms with E-state index in [0.29, 0.717) is 55.5 Å². The van der Waals surface area contributed by atoms with Crippen LogP contribution in [0.5, 0.6) is 5.88 Å². The van der Waals surface area contributed by atoms with Gasteiger partial charge >= 0.3 is 5.97 Å². The van der Waals surface area contributed by atoms with Crippen molar-refractivity contribution >= 4 is 17.0 Å². The lowest BCUT2D eigenvalue weighted by atomic mass is 9.97. The van der Waals surface area contributed by atoms with Crippen LogP contribution in [0.25, 0.3) is 22.3 Å². The van der Waals surface area contributed by atoms with E-state index in [-0.39, 0.29) is 18.1 Å². The number of methoxy groups -OCH3 is 2. The lowest BCUT2D eigenvalue weighted by Gasteiger charge is -2.16. The molecular formula is C39H35FN4O5. The first-order valence-corrected chi connectivity index (χ1v) is 16.0. The van der Waals surface area contributed by atoms with Crippen LogP contribution in [0.15, 0.2) is 72.8 Å². The predicted molar refractivity (Wildman–Crippen MR) is 181 cm³/mol. The molecule has 1 saturated heterocycles. The molecular weight excluding hydrogens is 623 g/mol. The minimum absolute atomic E-state index is 0.0278. The quantitative estimate of drug-likeness (QED) is 0.124. The van der Waals surface area contributed by atoms with Gasteiger partial charge in [-0.05, 0) is 60.9 Å². The van der Waals surface area contributed by atoms with E-state index in [4.69, 9.17) is 34.2 Å². The van der Waals surface area contributed by atoms with Crippen molar-refractivity contribution < 1.29 is 28.1 Å². The molecule has 6 rings (SSSR count). The number of aromatic nitrogens is 3. The molecule has 3 aromatic carbocycles. The van der Waals surface area contributed by atoms with Gasteiger partial charge in [0.1, 0.15) is 18.2 Å². The average Bonchev–Trinajstić information content (AvgIpc) is 3.48. The second kappa shape index (κ2) is 15.6. The van der Waals surface area contributed by atoms with E-state index in [1.54, 1.807) is 37.4 Å². The Morgan fingerprint density at radius 3 is 2.63 bits per heavy atom. The Hall–Kier alpha value is -5.55. The van der Waals surface area contributed by atoms with Gasteiger partial charge < -0.3 is 23.5 Å². The number of nitriles is 1. The van der Waals surface area contributed by atoms with Crippen LogP contribution in [-0.2, 0) is 33.8 Å². The monoisotopic (exact) mass is 658 g/mol. The van der Waals surface area contributed by atoms with Gasteiger partial charge in [-0.1, -0.05) is 36.1 Å². The molecule has 0 amide bonds. The molecule has 1 fully saturated rings. The number of carbonyl (C=O) groups is 1. The summed E-state index contributed by atoms with van der Waals surface area (Å²) in [6.07, 6.45) is 2.27. The van der Waals surface area contributed by atoms with Crippen molar-refractivity contribution in [3.05, 3.63) is 112 Å². The molecule has 0 saturated carbocycles. The lowest BCUT2D eigenvalue weighted by molar-refractivity contribution is 0.0601. The Balaban J connectivity index is 1.33. The molecule has 9 nitrogen and oxygen atoms in total. The molecule has 1 aliphatic heterocycles. The SMILES string of the molecule is COCCn1c(Cc2ccc(-c3cccc(OCc4ccc(C#N)cc4F)n3)cc2C#CC2CCOCC2)nc2ccc(C(=O)OC)cc21. The van der Waals surface area contributed by atoms with Crippen LogP contribution >= 0.6 is 0 Å². The first kappa shape index (κ1) is 33.4. The van der Waals surface area contributed by atoms with Crippen molar-refractivity contribution in [1.29, 1.82) is 5.26 Å². The number of pyridine rings is 1. The van der Waals surface area contributed by atoms with Gasteiger partial charge in [0.25, 0.3) is 0 Å². The van der Waals surface area contributed by atoms with Gasteiger partial charge in [0.15, 0.2) is 0 Å². The van der Waals surface area contributed by atoms with Gasteiger partial charge in [-0.2, -0.15) is 5.26 Å². The second-order valence-corrected chi connectivity index (χ2v) is 11.6. The molecule has 2 aromatic heterocycles. The number of hydrogen-bond donors (Lipinski definition) is 0. The molecule has 1 aliphatic rings. The number of benzene rings is 3. The molecule has 3 heterocycles. The van der Waals surface area contributed by atoms with E-state index in [1.165, 1.54) is 13.2 Å². The van der Waals surface area contributed by atoms with Gasteiger partial charge in [0.05, 0.1) is 47.6 Å². The van der Waals surface area contributed by atoms with Crippen LogP contribution in [-0.4, -0.2) is 54.5 Å². The third-order valence-electron chi connectivity index (χ3n) is 8.44. The second-order valence-electron chi connectivity index (χ2n) is 11.6. The van der Waals surface area contributed by atoms with Crippen molar-refractivity contribution in [2.75, 3.05) is 34.0 Å². The highest BCUT2D eigenvalue weighted by Gasteiger charge is 2.17. The van der Waals surface area contributed by atoms with E-state index in [0.717, 1.165) is 46.4 Å². The topological polar surface area (TPSA) is 108 Å². The van der Waals surface area contributed by atoms with E-state index in [2.05, 4.69) is 16.4 Å². The highest BCUT2D eigenvalue weighted by Crippen LogP contribution is 2.27. The maximum absolute atomic E-state index is 14.4. The first-order valence-electron chi connectivity index (χ1n) is 16.0. The number of fused-ring (bicyclic) bond motifs is 1. The summed E-state index contributed by atoms with van der Waals surface area (Å²) >= 11 is 0. The fourth-order valence-corrected chi connectivity index (χ4v) is 5.72. The average molecular weight is 659 g/mol. The van der Waals surface area contributed by atoms with Gasteiger partial charge in [0, 0.05) is 62.0 Å². The summed E-state index contributed by atoms with van der Waals surface area (Å²) in [6, 6.07) is 23.1. The van der Waals surface area contributed by atoms with Crippen LogP contribution in [0, 0.1) is 34.9 Å². The maximum Gasteiger partial charge on any atom is 0.337 e. The van der Waals surface area contributed by atoms with E-state index < -0.39 is 11.8 Å². The summed E-state index contributed by atoms with van der Waals surface area (Å²) < 4.78 is 38.3. The van der Waals surface area contributed by atoms with Crippen LogP contribution in [0.2, 0.25) is 0 Å². The number of rotatable bonds is 10. The Kier molecular flexibility index (Phi) is 10.6. The van der Waals surface area contributed by atoms with E-state index in [9.17, 15) is 9.18 Å². The van der Waals surface area contributed by atoms with Crippen LogP contribution < -0.4 is 4.74 Å².